The summed E-state index contributed by atoms with van der Waals surface area (Å²) in [6.07, 6.45) is -17.6. The third-order valence-electron chi connectivity index (χ3n) is 7.59. The predicted octanol–water partition coefficient (Wildman–Crippen LogP) is -2.41. The molecule has 0 amide bonds. The molecule has 1 aromatic heterocycles. The maximum atomic E-state index is 13.2. The van der Waals surface area contributed by atoms with Gasteiger partial charge in [-0.15, -0.1) is 0 Å². The molecular formula is C28H32O17. The van der Waals surface area contributed by atoms with Crippen molar-refractivity contribution >= 4 is 11.0 Å². The highest BCUT2D eigenvalue weighted by atomic mass is 16.8. The average molecular weight is 641 g/mol. The van der Waals surface area contributed by atoms with Crippen LogP contribution in [0.3, 0.4) is 0 Å². The fourth-order valence-electron chi connectivity index (χ4n) is 5.11. The molecule has 45 heavy (non-hydrogen) atoms. The van der Waals surface area contributed by atoms with Crippen molar-refractivity contribution in [2.75, 3.05) is 20.3 Å². The van der Waals surface area contributed by atoms with Gasteiger partial charge in [0, 0.05) is 11.6 Å². The van der Waals surface area contributed by atoms with Crippen LogP contribution in [0.4, 0.5) is 0 Å². The van der Waals surface area contributed by atoms with E-state index in [1.807, 2.05) is 0 Å². The highest BCUT2D eigenvalue weighted by Crippen LogP contribution is 2.44. The van der Waals surface area contributed by atoms with Crippen LogP contribution in [0.2, 0.25) is 0 Å². The van der Waals surface area contributed by atoms with Gasteiger partial charge >= 0.3 is 0 Å². The highest BCUT2D eigenvalue weighted by molar-refractivity contribution is 5.93. The number of benzene rings is 2. The Morgan fingerprint density at radius 3 is 2.00 bits per heavy atom. The van der Waals surface area contributed by atoms with Crippen molar-refractivity contribution in [1.82, 2.24) is 0 Å². The first-order chi connectivity index (χ1) is 21.4. The summed E-state index contributed by atoms with van der Waals surface area (Å²) in [5.74, 6) is -2.80. The Kier molecular flexibility index (Phi) is 9.38. The van der Waals surface area contributed by atoms with Crippen molar-refractivity contribution in [1.29, 1.82) is 0 Å². The number of phenolic OH excluding ortho intramolecular Hbond substituents is 2. The summed E-state index contributed by atoms with van der Waals surface area (Å²) in [5, 5.41) is 102. The van der Waals surface area contributed by atoms with Crippen LogP contribution in [0.5, 0.6) is 28.7 Å². The van der Waals surface area contributed by atoms with E-state index >= 15 is 0 Å². The molecule has 0 bridgehead atoms. The topological polar surface area (TPSA) is 279 Å². The second kappa shape index (κ2) is 12.9. The number of aliphatic hydroxyl groups excluding tert-OH is 7. The number of hydrogen-bond acceptors (Lipinski definition) is 17. The number of rotatable bonds is 8. The lowest BCUT2D eigenvalue weighted by molar-refractivity contribution is -0.357. The molecule has 2 aliphatic rings. The van der Waals surface area contributed by atoms with Crippen molar-refractivity contribution in [3.8, 4) is 40.1 Å². The van der Waals surface area contributed by atoms with Crippen LogP contribution < -0.4 is 14.9 Å². The van der Waals surface area contributed by atoms with Crippen LogP contribution >= 0.6 is 0 Å². The Morgan fingerprint density at radius 1 is 0.800 bits per heavy atom. The number of methoxy groups -OCH3 is 1. The summed E-state index contributed by atoms with van der Waals surface area (Å²) < 4.78 is 33.8. The molecule has 2 aromatic carbocycles. The third-order valence-corrected chi connectivity index (χ3v) is 7.59. The monoisotopic (exact) mass is 640 g/mol. The Morgan fingerprint density at radius 2 is 1.40 bits per heavy atom. The first kappa shape index (κ1) is 32.6. The molecule has 10 N–H and O–H groups in total. The van der Waals surface area contributed by atoms with E-state index in [0.717, 1.165) is 6.07 Å². The van der Waals surface area contributed by atoms with Crippen molar-refractivity contribution in [2.24, 2.45) is 0 Å². The molecule has 17 heteroatoms. The Balaban J connectivity index is 1.61. The summed E-state index contributed by atoms with van der Waals surface area (Å²) in [6, 6.07) is 6.14. The zero-order valence-electron chi connectivity index (χ0n) is 23.4. The normalized spacial score (nSPS) is 32.0. The van der Waals surface area contributed by atoms with E-state index in [-0.39, 0.29) is 17.1 Å². The fourth-order valence-corrected chi connectivity index (χ4v) is 5.11. The van der Waals surface area contributed by atoms with E-state index in [1.54, 1.807) is 0 Å². The molecule has 3 aromatic rings. The minimum absolute atomic E-state index is 0.121. The number of phenols is 2. The van der Waals surface area contributed by atoms with Gasteiger partial charge in [0.2, 0.25) is 23.2 Å². The molecule has 10 atom stereocenters. The lowest BCUT2D eigenvalue weighted by Crippen LogP contribution is -2.65. The predicted molar refractivity (Wildman–Crippen MR) is 146 cm³/mol. The minimum atomic E-state index is -1.93. The first-order valence-electron chi connectivity index (χ1n) is 13.6. The molecule has 0 radical (unpaired) electrons. The molecule has 0 spiro atoms. The van der Waals surface area contributed by atoms with Gasteiger partial charge < -0.3 is 79.2 Å². The maximum absolute atomic E-state index is 13.2. The van der Waals surface area contributed by atoms with Crippen LogP contribution in [0.15, 0.2) is 39.5 Å². The standard InChI is InChI=1S/C28H32O17/c1-40-12-6-11(32)15-18(35)21(38)23(9-2-4-10(31)5-3-9)43-25(15)24(12)44-28-26(20(37)17(34)14(8-30)42-28)45-27-22(39)19(36)16(33)13(7-29)41-27/h2-6,13-14,16-17,19-20,22,26-34,36-39H,7-8H2,1H3. The fraction of sp³-hybridized carbons (Fsp3) is 0.464. The molecule has 0 saturated carbocycles. The molecule has 5 rings (SSSR count). The molecule has 10 unspecified atom stereocenters. The van der Waals surface area contributed by atoms with Crippen LogP contribution in [-0.2, 0) is 14.2 Å². The van der Waals surface area contributed by atoms with Crippen LogP contribution in [0.1, 0.15) is 0 Å². The third kappa shape index (κ3) is 5.86. The van der Waals surface area contributed by atoms with Gasteiger partial charge in [0.1, 0.15) is 59.6 Å². The summed E-state index contributed by atoms with van der Waals surface area (Å²) in [5.41, 5.74) is -1.45. The van der Waals surface area contributed by atoms with E-state index in [0.29, 0.717) is 0 Å². The van der Waals surface area contributed by atoms with E-state index in [9.17, 15) is 55.9 Å². The largest absolute Gasteiger partial charge is 0.508 e. The number of fused-ring (bicyclic) bond motifs is 1. The zero-order valence-corrected chi connectivity index (χ0v) is 23.4. The Hall–Kier alpha value is -3.75. The smallest absolute Gasteiger partial charge is 0.238 e. The van der Waals surface area contributed by atoms with Crippen molar-refractivity contribution in [2.45, 2.75) is 61.4 Å². The molecule has 246 valence electrons. The molecule has 3 heterocycles. The number of aromatic hydroxyl groups is 3. The minimum Gasteiger partial charge on any atom is -0.508 e. The average Bonchev–Trinajstić information content (AvgIpc) is 3.03. The second-order valence-corrected chi connectivity index (χ2v) is 10.4. The van der Waals surface area contributed by atoms with Crippen molar-refractivity contribution < 1.29 is 79.2 Å². The van der Waals surface area contributed by atoms with Gasteiger partial charge in [0.15, 0.2) is 29.5 Å². The summed E-state index contributed by atoms with van der Waals surface area (Å²) in [7, 11) is 1.17. The number of aliphatic hydroxyl groups is 7. The van der Waals surface area contributed by atoms with Gasteiger partial charge in [-0.1, -0.05) is 0 Å². The van der Waals surface area contributed by atoms with Gasteiger partial charge in [0.05, 0.1) is 20.3 Å². The van der Waals surface area contributed by atoms with Gasteiger partial charge in [0.25, 0.3) is 0 Å². The molecule has 2 saturated heterocycles. The van der Waals surface area contributed by atoms with E-state index < -0.39 is 114 Å². The molecule has 2 aliphatic heterocycles. The number of hydrogen-bond donors (Lipinski definition) is 10. The lowest BCUT2D eigenvalue weighted by Gasteiger charge is -2.45. The maximum Gasteiger partial charge on any atom is 0.238 e. The summed E-state index contributed by atoms with van der Waals surface area (Å²) in [4.78, 5) is 13.2. The first-order valence-corrected chi connectivity index (χ1v) is 13.6. The highest BCUT2D eigenvalue weighted by Gasteiger charge is 2.51. The van der Waals surface area contributed by atoms with Crippen LogP contribution in [0, 0.1) is 0 Å². The molecular weight excluding hydrogens is 608 g/mol. The second-order valence-electron chi connectivity index (χ2n) is 10.4. The molecule has 17 nitrogen and oxygen atoms in total. The Labute approximate surface area is 252 Å². The Bertz CT molecular complexity index is 1560. The summed E-state index contributed by atoms with van der Waals surface area (Å²) in [6.45, 7) is -1.62. The van der Waals surface area contributed by atoms with Gasteiger partial charge in [-0.3, -0.25) is 4.79 Å². The van der Waals surface area contributed by atoms with Crippen molar-refractivity contribution in [3.63, 3.8) is 0 Å². The molecule has 0 aliphatic carbocycles. The molecule has 2 fully saturated rings. The van der Waals surface area contributed by atoms with E-state index in [4.69, 9.17) is 28.1 Å². The van der Waals surface area contributed by atoms with Crippen LogP contribution in [0.25, 0.3) is 22.3 Å². The zero-order chi connectivity index (χ0) is 32.7. The number of ether oxygens (including phenoxy) is 5. The van der Waals surface area contributed by atoms with E-state index in [1.165, 1.54) is 31.4 Å². The van der Waals surface area contributed by atoms with Crippen LogP contribution in [-0.4, -0.2) is 133 Å². The van der Waals surface area contributed by atoms with Crippen molar-refractivity contribution in [3.05, 3.63) is 40.6 Å². The van der Waals surface area contributed by atoms with Gasteiger partial charge in [-0.25, -0.2) is 0 Å². The van der Waals surface area contributed by atoms with Gasteiger partial charge in [-0.2, -0.15) is 0 Å². The quantitative estimate of drug-likeness (QED) is 0.123. The SMILES string of the molecule is COc1cc(O)c2c(=O)c(O)c(-c3ccc(O)cc3)oc2c1OC1OC(CO)C(O)C(O)C1OC1OC(CO)C(O)C(O)C1O. The summed E-state index contributed by atoms with van der Waals surface area (Å²) >= 11 is 0. The van der Waals surface area contributed by atoms with E-state index in [2.05, 4.69) is 0 Å². The lowest BCUT2D eigenvalue weighted by atomic mass is 9.97. The van der Waals surface area contributed by atoms with Gasteiger partial charge in [-0.05, 0) is 24.3 Å².